The predicted octanol–water partition coefficient (Wildman–Crippen LogP) is 1.92. The Hall–Kier alpha value is -1.39. The summed E-state index contributed by atoms with van der Waals surface area (Å²) in [5.41, 5.74) is 0.523. The highest BCUT2D eigenvalue weighted by Gasteiger charge is 2.35. The highest BCUT2D eigenvalue weighted by atomic mass is 16.3. The lowest BCUT2D eigenvalue weighted by molar-refractivity contribution is -0.139. The summed E-state index contributed by atoms with van der Waals surface area (Å²) in [6, 6.07) is 10.3. The molecular formula is C18H28N2O2. The fourth-order valence-electron chi connectivity index (χ4n) is 3.29. The molecule has 2 rings (SSSR count). The van der Waals surface area contributed by atoms with Crippen LogP contribution >= 0.6 is 0 Å². The van der Waals surface area contributed by atoms with Crippen LogP contribution in [-0.2, 0) is 11.2 Å². The maximum atomic E-state index is 12.4. The van der Waals surface area contributed by atoms with Crippen molar-refractivity contribution in [2.24, 2.45) is 0 Å². The molecule has 1 heterocycles. The molecule has 1 amide bonds. The van der Waals surface area contributed by atoms with Gasteiger partial charge < -0.3 is 14.9 Å². The molecule has 0 aliphatic carbocycles. The minimum Gasteiger partial charge on any atom is -0.387 e. The maximum Gasteiger partial charge on any atom is 0.222 e. The number of aryl methyl sites for hydroxylation is 1. The first-order valence-electron chi connectivity index (χ1n) is 8.17. The highest BCUT2D eigenvalue weighted by molar-refractivity contribution is 5.76. The number of aliphatic hydroxyl groups is 1. The number of nitrogens with zero attached hydrogens (tertiary/aromatic N) is 2. The molecule has 1 aromatic carbocycles. The Kier molecular flexibility index (Phi) is 5.98. The highest BCUT2D eigenvalue weighted by Crippen LogP contribution is 2.22. The van der Waals surface area contributed by atoms with Crippen LogP contribution in [0.25, 0.3) is 0 Å². The Morgan fingerprint density at radius 3 is 2.73 bits per heavy atom. The molecular weight excluding hydrogens is 276 g/mol. The topological polar surface area (TPSA) is 43.8 Å². The normalized spacial score (nSPS) is 22.1. The molecule has 0 saturated carbocycles. The first kappa shape index (κ1) is 17.0. The fraction of sp³-hybridized carbons (Fsp3) is 0.611. The Morgan fingerprint density at radius 1 is 1.32 bits per heavy atom. The SMILES string of the molecule is CN(C)C[C@@]1(O)CCCN(C(=O)CCCc2ccccc2)C1. The Labute approximate surface area is 133 Å². The number of benzene rings is 1. The van der Waals surface area contributed by atoms with E-state index in [2.05, 4.69) is 12.1 Å². The van der Waals surface area contributed by atoms with Gasteiger partial charge in [-0.15, -0.1) is 0 Å². The van der Waals surface area contributed by atoms with Crippen LogP contribution in [0.4, 0.5) is 0 Å². The van der Waals surface area contributed by atoms with Crippen molar-refractivity contribution in [2.75, 3.05) is 33.7 Å². The lowest BCUT2D eigenvalue weighted by Gasteiger charge is -2.40. The summed E-state index contributed by atoms with van der Waals surface area (Å²) in [6.07, 6.45) is 4.02. The first-order valence-corrected chi connectivity index (χ1v) is 8.17. The lowest BCUT2D eigenvalue weighted by Crippen LogP contribution is -2.54. The molecule has 0 bridgehead atoms. The standard InChI is InChI=1S/C18H28N2O2/c1-19(2)14-18(22)12-7-13-20(15-18)17(21)11-6-10-16-8-4-3-5-9-16/h3-5,8-9,22H,6-7,10-15H2,1-2H3/t18-/m0/s1. The fourth-order valence-corrected chi connectivity index (χ4v) is 3.29. The lowest BCUT2D eigenvalue weighted by atomic mass is 9.92. The molecule has 0 radical (unpaired) electrons. The Morgan fingerprint density at radius 2 is 2.05 bits per heavy atom. The molecule has 4 heteroatoms. The second kappa shape index (κ2) is 7.75. The van der Waals surface area contributed by atoms with Crippen LogP contribution in [0.1, 0.15) is 31.2 Å². The molecule has 1 saturated heterocycles. The number of hydrogen-bond acceptors (Lipinski definition) is 3. The minimum absolute atomic E-state index is 0.174. The van der Waals surface area contributed by atoms with Gasteiger partial charge >= 0.3 is 0 Å². The maximum absolute atomic E-state index is 12.4. The van der Waals surface area contributed by atoms with E-state index in [0.717, 1.165) is 32.2 Å². The number of β-amino-alcohol motifs (C(OH)–C–C–N with tert-alkyl or cyclic N) is 1. The van der Waals surface area contributed by atoms with Crippen molar-refractivity contribution in [3.8, 4) is 0 Å². The van der Waals surface area contributed by atoms with Crippen molar-refractivity contribution in [1.29, 1.82) is 0 Å². The zero-order valence-corrected chi connectivity index (χ0v) is 13.8. The molecule has 122 valence electrons. The zero-order valence-electron chi connectivity index (χ0n) is 13.8. The molecule has 1 aromatic rings. The second-order valence-electron chi connectivity index (χ2n) is 6.72. The van der Waals surface area contributed by atoms with Crippen LogP contribution in [-0.4, -0.2) is 60.1 Å². The average molecular weight is 304 g/mol. The second-order valence-corrected chi connectivity index (χ2v) is 6.72. The summed E-state index contributed by atoms with van der Waals surface area (Å²) in [6.45, 7) is 1.86. The third-order valence-electron chi connectivity index (χ3n) is 4.22. The van der Waals surface area contributed by atoms with Gasteiger partial charge in [-0.3, -0.25) is 4.79 Å². The van der Waals surface area contributed by atoms with E-state index in [0.29, 0.717) is 19.5 Å². The van der Waals surface area contributed by atoms with Gasteiger partial charge in [0.05, 0.1) is 12.1 Å². The molecule has 1 aliphatic rings. The number of piperidine rings is 1. The average Bonchev–Trinajstić information content (AvgIpc) is 2.47. The molecule has 22 heavy (non-hydrogen) atoms. The van der Waals surface area contributed by atoms with E-state index in [1.807, 2.05) is 42.1 Å². The van der Waals surface area contributed by atoms with Crippen LogP contribution in [0.5, 0.6) is 0 Å². The molecule has 1 atom stereocenters. The van der Waals surface area contributed by atoms with Gasteiger partial charge in [-0.2, -0.15) is 0 Å². The van der Waals surface area contributed by atoms with E-state index in [4.69, 9.17) is 0 Å². The zero-order chi connectivity index (χ0) is 16.0. The van der Waals surface area contributed by atoms with Gasteiger partial charge in [-0.25, -0.2) is 0 Å². The summed E-state index contributed by atoms with van der Waals surface area (Å²) in [5.74, 6) is 0.174. The Balaban J connectivity index is 1.79. The molecule has 0 spiro atoms. The first-order chi connectivity index (χ1) is 10.5. The van der Waals surface area contributed by atoms with Crippen LogP contribution < -0.4 is 0 Å². The Bertz CT molecular complexity index is 475. The van der Waals surface area contributed by atoms with Crippen molar-refractivity contribution < 1.29 is 9.90 Å². The molecule has 1 N–H and O–H groups in total. The molecule has 4 nitrogen and oxygen atoms in total. The van der Waals surface area contributed by atoms with Gasteiger partial charge in [0.1, 0.15) is 0 Å². The van der Waals surface area contributed by atoms with Gasteiger partial charge in [0.15, 0.2) is 0 Å². The number of likely N-dealkylation sites (tertiary alicyclic amines) is 1. The smallest absolute Gasteiger partial charge is 0.222 e. The number of carbonyl (C=O) groups is 1. The van der Waals surface area contributed by atoms with Gasteiger partial charge in [0.25, 0.3) is 0 Å². The van der Waals surface area contributed by atoms with Gasteiger partial charge in [-0.1, -0.05) is 30.3 Å². The summed E-state index contributed by atoms with van der Waals surface area (Å²) in [4.78, 5) is 16.2. The van der Waals surface area contributed by atoms with Crippen molar-refractivity contribution in [3.05, 3.63) is 35.9 Å². The van der Waals surface area contributed by atoms with E-state index >= 15 is 0 Å². The van der Waals surface area contributed by atoms with Gasteiger partial charge in [0, 0.05) is 19.5 Å². The molecule has 1 fully saturated rings. The number of hydrogen-bond donors (Lipinski definition) is 1. The van der Waals surface area contributed by atoms with E-state index in [-0.39, 0.29) is 5.91 Å². The predicted molar refractivity (Wildman–Crippen MR) is 88.7 cm³/mol. The third kappa shape index (κ3) is 5.11. The quantitative estimate of drug-likeness (QED) is 0.873. The van der Waals surface area contributed by atoms with Crippen LogP contribution in [0.15, 0.2) is 30.3 Å². The van der Waals surface area contributed by atoms with E-state index in [1.165, 1.54) is 5.56 Å². The summed E-state index contributed by atoms with van der Waals surface area (Å²) in [7, 11) is 3.91. The van der Waals surface area contributed by atoms with E-state index in [9.17, 15) is 9.90 Å². The van der Waals surface area contributed by atoms with E-state index < -0.39 is 5.60 Å². The minimum atomic E-state index is -0.753. The number of rotatable bonds is 6. The third-order valence-corrected chi connectivity index (χ3v) is 4.22. The van der Waals surface area contributed by atoms with Crippen molar-refractivity contribution >= 4 is 5.91 Å². The number of likely N-dealkylation sites (N-methyl/N-ethyl adjacent to an activating group) is 1. The summed E-state index contributed by atoms with van der Waals surface area (Å²) >= 11 is 0. The molecule has 0 unspecified atom stereocenters. The summed E-state index contributed by atoms with van der Waals surface area (Å²) in [5, 5.41) is 10.6. The monoisotopic (exact) mass is 304 g/mol. The molecule has 0 aromatic heterocycles. The number of amides is 1. The van der Waals surface area contributed by atoms with Crippen molar-refractivity contribution in [1.82, 2.24) is 9.80 Å². The van der Waals surface area contributed by atoms with Crippen LogP contribution in [0.2, 0.25) is 0 Å². The van der Waals surface area contributed by atoms with Crippen molar-refractivity contribution in [2.45, 2.75) is 37.7 Å². The number of carbonyl (C=O) groups excluding carboxylic acids is 1. The van der Waals surface area contributed by atoms with Crippen molar-refractivity contribution in [3.63, 3.8) is 0 Å². The summed E-state index contributed by atoms with van der Waals surface area (Å²) < 4.78 is 0. The van der Waals surface area contributed by atoms with Gasteiger partial charge in [0.2, 0.25) is 5.91 Å². The van der Waals surface area contributed by atoms with Crippen LogP contribution in [0.3, 0.4) is 0 Å². The van der Waals surface area contributed by atoms with Gasteiger partial charge in [-0.05, 0) is 45.3 Å². The van der Waals surface area contributed by atoms with E-state index in [1.54, 1.807) is 0 Å². The van der Waals surface area contributed by atoms with Crippen LogP contribution in [0, 0.1) is 0 Å². The molecule has 1 aliphatic heterocycles. The largest absolute Gasteiger partial charge is 0.387 e.